The van der Waals surface area contributed by atoms with E-state index in [4.69, 9.17) is 4.74 Å². The summed E-state index contributed by atoms with van der Waals surface area (Å²) in [6.45, 7) is 6.22. The van der Waals surface area contributed by atoms with Crippen LogP contribution in [0.2, 0.25) is 0 Å². The van der Waals surface area contributed by atoms with Gasteiger partial charge in [0.1, 0.15) is 17.6 Å². The molecule has 0 aliphatic carbocycles. The van der Waals surface area contributed by atoms with E-state index in [0.717, 1.165) is 12.8 Å². The summed E-state index contributed by atoms with van der Waals surface area (Å²) in [6, 6.07) is 6.20. The van der Waals surface area contributed by atoms with Crippen molar-refractivity contribution in [2.45, 2.75) is 122 Å². The Morgan fingerprint density at radius 3 is 1.81 bits per heavy atom. The summed E-state index contributed by atoms with van der Waals surface area (Å²) in [6.07, 6.45) is 17.9. The highest BCUT2D eigenvalue weighted by Gasteiger charge is 2.21. The van der Waals surface area contributed by atoms with E-state index >= 15 is 0 Å². The van der Waals surface area contributed by atoms with Gasteiger partial charge in [0.15, 0.2) is 0 Å². The number of hydrogen-bond acceptors (Lipinski definition) is 3. The fourth-order valence-corrected chi connectivity index (χ4v) is 4.63. The average molecular weight is 455 g/mol. The minimum Gasteiger partial charge on any atom is -0.492 e. The topological polar surface area (TPSA) is 63.6 Å². The maximum Gasteiger partial charge on any atom is 0.271 e. The van der Waals surface area contributed by atoms with E-state index in [0.29, 0.717) is 12.2 Å². The first-order valence-corrected chi connectivity index (χ1v) is 14.1. The van der Waals surface area contributed by atoms with Crippen LogP contribution in [0.15, 0.2) is 18.2 Å². The van der Waals surface area contributed by atoms with Crippen molar-refractivity contribution in [1.82, 2.24) is 0 Å². The van der Waals surface area contributed by atoms with E-state index in [1.54, 1.807) is 6.92 Å². The zero-order valence-electron chi connectivity index (χ0n) is 20.2. The van der Waals surface area contributed by atoms with Gasteiger partial charge in [-0.25, -0.2) is 0 Å². The SMILES string of the molecule is CCCCCCCCc1ccc(OCC(CC)S(=O)(=O)O)cc1CCCCCCCC. The summed E-state index contributed by atoms with van der Waals surface area (Å²) in [5.74, 6) is 0.703. The maximum absolute atomic E-state index is 11.4. The van der Waals surface area contributed by atoms with Gasteiger partial charge in [0, 0.05) is 0 Å². The molecule has 0 amide bonds. The van der Waals surface area contributed by atoms with Crippen molar-refractivity contribution in [3.63, 3.8) is 0 Å². The number of unbranched alkanes of at least 4 members (excludes halogenated alkanes) is 10. The van der Waals surface area contributed by atoms with Gasteiger partial charge >= 0.3 is 0 Å². The maximum atomic E-state index is 11.4. The van der Waals surface area contributed by atoms with E-state index in [9.17, 15) is 13.0 Å². The standard InChI is InChI=1S/C26H46O4S/c1-4-7-9-11-13-15-17-23-19-20-25(30-22-26(6-3)31(27,28)29)21-24(23)18-16-14-12-10-8-5-2/h19-21,26H,4-18,22H2,1-3H3,(H,27,28,29). The Morgan fingerprint density at radius 2 is 1.29 bits per heavy atom. The molecule has 1 aromatic rings. The summed E-state index contributed by atoms with van der Waals surface area (Å²) in [7, 11) is -4.08. The van der Waals surface area contributed by atoms with Crippen LogP contribution in [0.5, 0.6) is 5.75 Å². The summed E-state index contributed by atoms with van der Waals surface area (Å²) in [4.78, 5) is 0. The minimum absolute atomic E-state index is 0.0113. The predicted molar refractivity (Wildman–Crippen MR) is 132 cm³/mol. The predicted octanol–water partition coefficient (Wildman–Crippen LogP) is 7.54. The number of rotatable bonds is 19. The van der Waals surface area contributed by atoms with Crippen LogP contribution in [0.25, 0.3) is 0 Å². The Bertz CT molecular complexity index is 685. The highest BCUT2D eigenvalue weighted by Crippen LogP contribution is 2.23. The van der Waals surface area contributed by atoms with E-state index in [-0.39, 0.29) is 6.61 Å². The summed E-state index contributed by atoms with van der Waals surface area (Å²) < 4.78 is 38.0. The smallest absolute Gasteiger partial charge is 0.271 e. The van der Waals surface area contributed by atoms with Crippen LogP contribution in [-0.4, -0.2) is 24.8 Å². The zero-order chi connectivity index (χ0) is 23.0. The van der Waals surface area contributed by atoms with E-state index < -0.39 is 15.4 Å². The second-order valence-electron chi connectivity index (χ2n) is 8.82. The first-order chi connectivity index (χ1) is 14.9. The van der Waals surface area contributed by atoms with Crippen LogP contribution in [0.4, 0.5) is 0 Å². The van der Waals surface area contributed by atoms with Crippen molar-refractivity contribution in [2.24, 2.45) is 0 Å². The molecule has 0 saturated carbocycles. The monoisotopic (exact) mass is 454 g/mol. The molecule has 4 nitrogen and oxygen atoms in total. The van der Waals surface area contributed by atoms with Gasteiger partial charge < -0.3 is 4.74 Å². The third kappa shape index (κ3) is 12.5. The molecule has 0 saturated heterocycles. The normalized spacial score (nSPS) is 12.8. The molecule has 1 N–H and O–H groups in total. The van der Waals surface area contributed by atoms with Crippen molar-refractivity contribution >= 4 is 10.1 Å². The largest absolute Gasteiger partial charge is 0.492 e. The molecule has 1 unspecified atom stereocenters. The van der Waals surface area contributed by atoms with Crippen molar-refractivity contribution < 1.29 is 17.7 Å². The summed E-state index contributed by atoms with van der Waals surface area (Å²) in [5.41, 5.74) is 2.74. The van der Waals surface area contributed by atoms with Crippen LogP contribution in [0.3, 0.4) is 0 Å². The Morgan fingerprint density at radius 1 is 0.774 bits per heavy atom. The van der Waals surface area contributed by atoms with Gasteiger partial charge in [-0.05, 0) is 55.4 Å². The molecule has 1 atom stereocenters. The van der Waals surface area contributed by atoms with Gasteiger partial charge in [-0.15, -0.1) is 0 Å². The quantitative estimate of drug-likeness (QED) is 0.173. The van der Waals surface area contributed by atoms with Gasteiger partial charge in [0.05, 0.1) is 0 Å². The van der Waals surface area contributed by atoms with E-state index in [2.05, 4.69) is 26.0 Å². The highest BCUT2D eigenvalue weighted by atomic mass is 32.2. The third-order valence-corrected chi connectivity index (χ3v) is 7.40. The van der Waals surface area contributed by atoms with Crippen molar-refractivity contribution in [2.75, 3.05) is 6.61 Å². The second kappa shape index (κ2) is 16.5. The number of ether oxygens (including phenoxy) is 1. The van der Waals surface area contributed by atoms with Gasteiger partial charge in [0.25, 0.3) is 10.1 Å². The third-order valence-electron chi connectivity index (χ3n) is 6.09. The molecule has 0 heterocycles. The van der Waals surface area contributed by atoms with Crippen LogP contribution < -0.4 is 4.74 Å². The van der Waals surface area contributed by atoms with Crippen LogP contribution >= 0.6 is 0 Å². The molecule has 31 heavy (non-hydrogen) atoms. The van der Waals surface area contributed by atoms with E-state index in [1.807, 2.05) is 6.07 Å². The molecule has 180 valence electrons. The zero-order valence-corrected chi connectivity index (χ0v) is 21.0. The lowest BCUT2D eigenvalue weighted by Gasteiger charge is -2.16. The van der Waals surface area contributed by atoms with Gasteiger partial charge in [0.2, 0.25) is 0 Å². The summed E-state index contributed by atoms with van der Waals surface area (Å²) in [5, 5.41) is -0.877. The molecule has 1 aromatic carbocycles. The minimum atomic E-state index is -4.08. The Labute approximate surface area is 191 Å². The van der Waals surface area contributed by atoms with E-state index in [1.165, 1.54) is 88.2 Å². The first-order valence-electron chi connectivity index (χ1n) is 12.6. The van der Waals surface area contributed by atoms with Crippen LogP contribution in [0.1, 0.15) is 115 Å². The first kappa shape index (κ1) is 28.0. The lowest BCUT2D eigenvalue weighted by molar-refractivity contribution is 0.302. The Kier molecular flexibility index (Phi) is 14.9. The van der Waals surface area contributed by atoms with Gasteiger partial charge in [-0.3, -0.25) is 4.55 Å². The Hall–Kier alpha value is -1.07. The molecule has 5 heteroatoms. The van der Waals surface area contributed by atoms with Gasteiger partial charge in [-0.2, -0.15) is 8.42 Å². The van der Waals surface area contributed by atoms with Gasteiger partial charge in [-0.1, -0.05) is 91.0 Å². The molecule has 0 aromatic heterocycles. The number of aryl methyl sites for hydroxylation is 2. The van der Waals surface area contributed by atoms with Crippen LogP contribution in [-0.2, 0) is 23.0 Å². The molecular weight excluding hydrogens is 408 g/mol. The molecule has 0 fully saturated rings. The number of hydrogen-bond donors (Lipinski definition) is 1. The number of benzene rings is 1. The fourth-order valence-electron chi connectivity index (χ4n) is 3.96. The lowest BCUT2D eigenvalue weighted by Crippen LogP contribution is -2.26. The fraction of sp³-hybridized carbons (Fsp3) is 0.769. The molecule has 0 spiro atoms. The molecule has 0 radical (unpaired) electrons. The van der Waals surface area contributed by atoms with Crippen molar-refractivity contribution in [3.05, 3.63) is 29.3 Å². The highest BCUT2D eigenvalue weighted by molar-refractivity contribution is 7.86. The second-order valence-corrected chi connectivity index (χ2v) is 10.5. The van der Waals surface area contributed by atoms with Crippen LogP contribution in [0, 0.1) is 0 Å². The van der Waals surface area contributed by atoms with Crippen molar-refractivity contribution in [1.29, 1.82) is 0 Å². The Balaban J connectivity index is 2.69. The molecule has 1 rings (SSSR count). The average Bonchev–Trinajstić information content (AvgIpc) is 2.73. The molecular formula is C26H46O4S. The molecule has 0 bridgehead atoms. The summed E-state index contributed by atoms with van der Waals surface area (Å²) >= 11 is 0. The van der Waals surface area contributed by atoms with Crippen molar-refractivity contribution in [3.8, 4) is 5.75 Å². The molecule has 0 aliphatic rings. The molecule has 0 aliphatic heterocycles. The lowest BCUT2D eigenvalue weighted by atomic mass is 9.96.